The van der Waals surface area contributed by atoms with Gasteiger partial charge in [-0.15, -0.1) is 0 Å². The molecular weight excluding hydrogens is 695 g/mol. The first-order valence-corrected chi connectivity index (χ1v) is 19.2. The summed E-state index contributed by atoms with van der Waals surface area (Å²) in [6.45, 7) is 0. The Hall–Kier alpha value is -7.69. The molecule has 2 heterocycles. The van der Waals surface area contributed by atoms with Crippen molar-refractivity contribution in [2.24, 2.45) is 0 Å². The van der Waals surface area contributed by atoms with Gasteiger partial charge in [-0.05, 0) is 85.3 Å². The Balaban J connectivity index is 1.08. The molecule has 57 heavy (non-hydrogen) atoms. The van der Waals surface area contributed by atoms with Crippen LogP contribution in [0.2, 0.25) is 0 Å². The summed E-state index contributed by atoms with van der Waals surface area (Å²) < 4.78 is 6.74. The van der Waals surface area contributed by atoms with E-state index < -0.39 is 0 Å². The van der Waals surface area contributed by atoms with Crippen molar-refractivity contribution in [1.82, 2.24) is 15.0 Å². The van der Waals surface area contributed by atoms with E-state index in [2.05, 4.69) is 188 Å². The zero-order valence-corrected chi connectivity index (χ0v) is 30.8. The van der Waals surface area contributed by atoms with Crippen molar-refractivity contribution in [3.63, 3.8) is 0 Å². The second kappa shape index (κ2) is 13.6. The van der Waals surface area contributed by atoms with Gasteiger partial charge in [-0.2, -0.15) is 0 Å². The Morgan fingerprint density at radius 1 is 0.281 bits per heavy atom. The monoisotopic (exact) mass is 727 g/mol. The van der Waals surface area contributed by atoms with Crippen molar-refractivity contribution >= 4 is 43.5 Å². The highest BCUT2D eigenvalue weighted by Crippen LogP contribution is 2.41. The molecule has 0 fully saturated rings. The lowest BCUT2D eigenvalue weighted by atomic mass is 9.94. The number of furan rings is 1. The number of rotatable bonds is 6. The van der Waals surface area contributed by atoms with Crippen LogP contribution in [0.4, 0.5) is 0 Å². The molecule has 0 atom stereocenters. The van der Waals surface area contributed by atoms with E-state index in [1.54, 1.807) is 0 Å². The second-order valence-corrected chi connectivity index (χ2v) is 14.4. The molecule has 11 aromatic rings. The van der Waals surface area contributed by atoms with E-state index in [0.29, 0.717) is 17.5 Å². The van der Waals surface area contributed by atoms with Crippen molar-refractivity contribution < 1.29 is 4.42 Å². The fourth-order valence-corrected chi connectivity index (χ4v) is 8.05. The maximum absolute atomic E-state index is 6.74. The van der Waals surface area contributed by atoms with Gasteiger partial charge in [0.15, 0.2) is 17.5 Å². The Labute approximate surface area is 329 Å². The summed E-state index contributed by atoms with van der Waals surface area (Å²) >= 11 is 0. The van der Waals surface area contributed by atoms with Gasteiger partial charge < -0.3 is 4.42 Å². The van der Waals surface area contributed by atoms with Crippen LogP contribution in [-0.2, 0) is 0 Å². The number of benzene rings is 9. The summed E-state index contributed by atoms with van der Waals surface area (Å²) in [6.07, 6.45) is 0. The zero-order chi connectivity index (χ0) is 37.7. The smallest absolute Gasteiger partial charge is 0.164 e. The predicted molar refractivity (Wildman–Crippen MR) is 235 cm³/mol. The number of aromatic nitrogens is 3. The average molecular weight is 728 g/mol. The van der Waals surface area contributed by atoms with Gasteiger partial charge in [-0.25, -0.2) is 15.0 Å². The number of hydrogen-bond acceptors (Lipinski definition) is 4. The molecule has 0 N–H and O–H groups in total. The Bertz CT molecular complexity index is 3260. The molecule has 0 aliphatic rings. The topological polar surface area (TPSA) is 51.8 Å². The van der Waals surface area contributed by atoms with Gasteiger partial charge in [0.05, 0.1) is 0 Å². The molecule has 266 valence electrons. The Morgan fingerprint density at radius 2 is 0.754 bits per heavy atom. The van der Waals surface area contributed by atoms with E-state index in [4.69, 9.17) is 19.4 Å². The van der Waals surface area contributed by atoms with E-state index >= 15 is 0 Å². The van der Waals surface area contributed by atoms with Gasteiger partial charge >= 0.3 is 0 Å². The first kappa shape index (κ1) is 32.7. The number of fused-ring (bicyclic) bond motifs is 6. The van der Waals surface area contributed by atoms with E-state index in [1.165, 1.54) is 16.2 Å². The largest absolute Gasteiger partial charge is 0.456 e. The van der Waals surface area contributed by atoms with Crippen LogP contribution in [-0.4, -0.2) is 15.0 Å². The normalized spacial score (nSPS) is 11.5. The highest BCUT2D eigenvalue weighted by molar-refractivity contribution is 6.14. The minimum absolute atomic E-state index is 0.580. The molecule has 4 nitrogen and oxygen atoms in total. The molecule has 0 aliphatic carbocycles. The van der Waals surface area contributed by atoms with Gasteiger partial charge in [0, 0.05) is 27.5 Å². The van der Waals surface area contributed by atoms with E-state index in [9.17, 15) is 0 Å². The zero-order valence-electron chi connectivity index (χ0n) is 30.8. The summed E-state index contributed by atoms with van der Waals surface area (Å²) in [6, 6.07) is 69.9. The molecule has 4 heteroatoms. The third-order valence-corrected chi connectivity index (χ3v) is 10.9. The van der Waals surface area contributed by atoms with Crippen molar-refractivity contribution in [3.8, 4) is 67.5 Å². The van der Waals surface area contributed by atoms with Gasteiger partial charge in [-0.1, -0.05) is 170 Å². The van der Waals surface area contributed by atoms with Crippen LogP contribution in [0, 0.1) is 0 Å². The fourth-order valence-electron chi connectivity index (χ4n) is 8.05. The van der Waals surface area contributed by atoms with Crippen LogP contribution >= 0.6 is 0 Å². The van der Waals surface area contributed by atoms with E-state index in [0.717, 1.165) is 77.4 Å². The van der Waals surface area contributed by atoms with E-state index in [-0.39, 0.29) is 0 Å². The molecule has 0 aliphatic heterocycles. The Kier molecular flexibility index (Phi) is 7.78. The van der Waals surface area contributed by atoms with Crippen LogP contribution in [0.25, 0.3) is 111 Å². The molecule has 0 saturated heterocycles. The van der Waals surface area contributed by atoms with Gasteiger partial charge in [-0.3, -0.25) is 0 Å². The lowest BCUT2D eigenvalue weighted by molar-refractivity contribution is 0.669. The summed E-state index contributed by atoms with van der Waals surface area (Å²) in [7, 11) is 0. The molecule has 0 spiro atoms. The maximum atomic E-state index is 6.74. The second-order valence-electron chi connectivity index (χ2n) is 14.4. The van der Waals surface area contributed by atoms with Gasteiger partial charge in [0.25, 0.3) is 0 Å². The molecule has 0 saturated carbocycles. The van der Waals surface area contributed by atoms with Crippen molar-refractivity contribution in [2.45, 2.75) is 0 Å². The molecular formula is C53H33N3O. The van der Waals surface area contributed by atoms with Gasteiger partial charge in [0.1, 0.15) is 11.2 Å². The van der Waals surface area contributed by atoms with Crippen LogP contribution in [0.1, 0.15) is 0 Å². The lowest BCUT2D eigenvalue weighted by Gasteiger charge is -2.11. The molecule has 2 aromatic heterocycles. The minimum Gasteiger partial charge on any atom is -0.456 e. The van der Waals surface area contributed by atoms with Crippen LogP contribution in [0.5, 0.6) is 0 Å². The van der Waals surface area contributed by atoms with Crippen LogP contribution in [0.3, 0.4) is 0 Å². The highest BCUT2D eigenvalue weighted by atomic mass is 16.3. The summed E-state index contributed by atoms with van der Waals surface area (Å²) in [5.74, 6) is 1.80. The highest BCUT2D eigenvalue weighted by Gasteiger charge is 2.18. The predicted octanol–water partition coefficient (Wildman–Crippen LogP) is 14.1. The van der Waals surface area contributed by atoms with Crippen molar-refractivity contribution in [3.05, 3.63) is 200 Å². The van der Waals surface area contributed by atoms with Gasteiger partial charge in [0.2, 0.25) is 0 Å². The van der Waals surface area contributed by atoms with Crippen LogP contribution < -0.4 is 0 Å². The van der Waals surface area contributed by atoms with Crippen molar-refractivity contribution in [2.75, 3.05) is 0 Å². The molecule has 0 unspecified atom stereocenters. The fraction of sp³-hybridized carbons (Fsp3) is 0. The number of hydrogen-bond donors (Lipinski definition) is 0. The molecule has 9 aromatic carbocycles. The van der Waals surface area contributed by atoms with E-state index in [1.807, 2.05) is 12.1 Å². The van der Waals surface area contributed by atoms with Crippen molar-refractivity contribution in [1.29, 1.82) is 0 Å². The minimum atomic E-state index is 0.580. The molecule has 0 radical (unpaired) electrons. The summed E-state index contributed by atoms with van der Waals surface area (Å²) in [4.78, 5) is 15.4. The maximum Gasteiger partial charge on any atom is 0.164 e. The quantitative estimate of drug-likeness (QED) is 0.160. The molecule has 0 bridgehead atoms. The summed E-state index contributed by atoms with van der Waals surface area (Å²) in [5.41, 5.74) is 11.1. The average Bonchev–Trinajstić information content (AvgIpc) is 3.67. The first-order valence-electron chi connectivity index (χ1n) is 19.2. The molecule has 0 amide bonds. The SMILES string of the molecule is c1ccc(-c2ccc(-c3nc(-c4ccc5c(ccc6ccccc65)c4)nc(-c4ccc5c(c4)oc4cc(-c6ccccc6)cc(-c6ccccc6)c45)n3)cc2)cc1. The standard InChI is InChI=1S/C53H33N3O/c1-4-12-34(13-5-1)36-20-23-39(24-21-36)51-54-52(41-26-28-45-40(30-41)25-22-38-18-10-11-19-44(38)45)56-53(55-51)42-27-29-46-48(32-42)57-49-33-43(35-14-6-2-7-15-35)31-47(50(46)49)37-16-8-3-9-17-37/h1-33H. The summed E-state index contributed by atoms with van der Waals surface area (Å²) in [5, 5.41) is 6.90. The lowest BCUT2D eigenvalue weighted by Crippen LogP contribution is -2.00. The Morgan fingerprint density at radius 3 is 1.46 bits per heavy atom. The van der Waals surface area contributed by atoms with Crippen LogP contribution in [0.15, 0.2) is 205 Å². The molecule has 11 rings (SSSR count). The first-order chi connectivity index (χ1) is 28.2. The third-order valence-electron chi connectivity index (χ3n) is 10.9. The number of nitrogens with zero attached hydrogens (tertiary/aromatic N) is 3. The third kappa shape index (κ3) is 5.92.